The van der Waals surface area contributed by atoms with Gasteiger partial charge in [-0.25, -0.2) is 4.98 Å². The zero-order valence-corrected chi connectivity index (χ0v) is 24.3. The highest BCUT2D eigenvalue weighted by Gasteiger charge is 2.23. The van der Waals surface area contributed by atoms with Crippen molar-refractivity contribution in [3.63, 3.8) is 0 Å². The molecule has 0 unspecified atom stereocenters. The van der Waals surface area contributed by atoms with Crippen molar-refractivity contribution in [2.45, 2.75) is 33.1 Å². The van der Waals surface area contributed by atoms with Gasteiger partial charge >= 0.3 is 0 Å². The van der Waals surface area contributed by atoms with Crippen LogP contribution < -0.4 is 15.6 Å². The van der Waals surface area contributed by atoms with Crippen molar-refractivity contribution in [1.82, 2.24) is 9.66 Å². The Morgan fingerprint density at radius 2 is 1.76 bits per heavy atom. The number of anilines is 1. The maximum absolute atomic E-state index is 13.3. The van der Waals surface area contributed by atoms with E-state index in [0.717, 1.165) is 10.0 Å². The van der Waals surface area contributed by atoms with Crippen LogP contribution in [0.25, 0.3) is 10.9 Å². The Balaban J connectivity index is 1.58. The number of hydrogen-bond acceptors (Lipinski definition) is 5. The zero-order chi connectivity index (χ0) is 27.6. The molecule has 1 N–H and O–H groups in total. The van der Waals surface area contributed by atoms with Gasteiger partial charge in [0.25, 0.3) is 11.5 Å². The summed E-state index contributed by atoms with van der Waals surface area (Å²) in [6, 6.07) is 16.0. The number of carbonyl (C=O) groups is 1. The van der Waals surface area contributed by atoms with E-state index < -0.39 is 5.41 Å². The molecule has 1 heterocycles. The summed E-state index contributed by atoms with van der Waals surface area (Å²) in [4.78, 5) is 30.3. The summed E-state index contributed by atoms with van der Waals surface area (Å²) < 4.78 is 7.65. The van der Waals surface area contributed by atoms with Crippen molar-refractivity contribution in [3.8, 4) is 5.75 Å². The molecule has 3 aromatic carbocycles. The maximum Gasteiger partial charge on any atom is 0.282 e. The van der Waals surface area contributed by atoms with Gasteiger partial charge in [-0.05, 0) is 55.0 Å². The third-order valence-corrected chi connectivity index (χ3v) is 6.56. The van der Waals surface area contributed by atoms with Crippen molar-refractivity contribution in [1.29, 1.82) is 0 Å². The van der Waals surface area contributed by atoms with E-state index in [1.807, 2.05) is 58.0 Å². The molecule has 0 aliphatic heterocycles. The van der Waals surface area contributed by atoms with Crippen LogP contribution >= 0.6 is 39.1 Å². The third-order valence-electron chi connectivity index (χ3n) is 5.50. The first kappa shape index (κ1) is 27.8. The molecule has 0 saturated carbocycles. The molecule has 38 heavy (non-hydrogen) atoms. The van der Waals surface area contributed by atoms with Gasteiger partial charge in [0, 0.05) is 15.6 Å². The lowest BCUT2D eigenvalue weighted by Gasteiger charge is -2.20. The number of benzene rings is 3. The summed E-state index contributed by atoms with van der Waals surface area (Å²) >= 11 is 16.2. The minimum Gasteiger partial charge on any atom is -0.481 e. The molecular formula is C28H25BrCl2N4O3. The third kappa shape index (κ3) is 6.43. The summed E-state index contributed by atoms with van der Waals surface area (Å²) in [5.41, 5.74) is 2.13. The van der Waals surface area contributed by atoms with E-state index in [2.05, 4.69) is 26.3 Å². The van der Waals surface area contributed by atoms with Gasteiger partial charge in [0.05, 0.1) is 27.2 Å². The zero-order valence-electron chi connectivity index (χ0n) is 21.2. The van der Waals surface area contributed by atoms with E-state index in [4.69, 9.17) is 32.9 Å². The van der Waals surface area contributed by atoms with Crippen LogP contribution in [-0.2, 0) is 10.2 Å². The van der Waals surface area contributed by atoms with Crippen LogP contribution in [0.4, 0.5) is 5.69 Å². The molecular weight excluding hydrogens is 591 g/mol. The number of nitrogens with one attached hydrogen (secondary N) is 1. The second-order valence-electron chi connectivity index (χ2n) is 9.72. The average molecular weight is 616 g/mol. The van der Waals surface area contributed by atoms with E-state index in [-0.39, 0.29) is 33.9 Å². The lowest BCUT2D eigenvalue weighted by atomic mass is 9.95. The van der Waals surface area contributed by atoms with Crippen LogP contribution in [0.1, 0.15) is 37.7 Å². The number of ether oxygens (including phenoxy) is 1. The van der Waals surface area contributed by atoms with E-state index in [9.17, 15) is 9.59 Å². The molecule has 0 aliphatic rings. The van der Waals surface area contributed by atoms with Gasteiger partial charge in [-0.3, -0.25) is 9.59 Å². The number of nitrogens with zero attached hydrogens (tertiary/aromatic N) is 3. The molecule has 1 amide bonds. The highest BCUT2D eigenvalue weighted by molar-refractivity contribution is 9.10. The van der Waals surface area contributed by atoms with Crippen LogP contribution in [0.3, 0.4) is 0 Å². The summed E-state index contributed by atoms with van der Waals surface area (Å²) in [5, 5.41) is 8.03. The van der Waals surface area contributed by atoms with Crippen LogP contribution in [0.15, 0.2) is 69.0 Å². The average Bonchev–Trinajstić information content (AvgIpc) is 2.84. The Labute approximate surface area is 238 Å². The van der Waals surface area contributed by atoms with E-state index in [0.29, 0.717) is 28.0 Å². The molecule has 7 nitrogen and oxygen atoms in total. The van der Waals surface area contributed by atoms with Gasteiger partial charge in [0.1, 0.15) is 5.82 Å². The van der Waals surface area contributed by atoms with Gasteiger partial charge in [-0.15, -0.1) is 0 Å². The van der Waals surface area contributed by atoms with Crippen molar-refractivity contribution in [2.75, 3.05) is 11.9 Å². The second kappa shape index (κ2) is 11.3. The van der Waals surface area contributed by atoms with Gasteiger partial charge in [0.15, 0.2) is 12.4 Å². The number of hydrogen-bond donors (Lipinski definition) is 1. The Morgan fingerprint density at radius 1 is 1.11 bits per heavy atom. The molecule has 196 valence electrons. The molecule has 0 atom stereocenters. The molecule has 4 rings (SSSR count). The van der Waals surface area contributed by atoms with E-state index >= 15 is 0 Å². The van der Waals surface area contributed by atoms with Gasteiger partial charge in [-0.1, -0.05) is 77.6 Å². The van der Waals surface area contributed by atoms with Crippen LogP contribution in [0.2, 0.25) is 10.0 Å². The predicted molar refractivity (Wildman–Crippen MR) is 157 cm³/mol. The minimum absolute atomic E-state index is 0.175. The Morgan fingerprint density at radius 3 is 2.39 bits per heavy atom. The van der Waals surface area contributed by atoms with Gasteiger partial charge in [0.2, 0.25) is 0 Å². The number of rotatable bonds is 6. The van der Waals surface area contributed by atoms with E-state index in [1.54, 1.807) is 24.3 Å². The number of fused-ring (bicyclic) bond motifs is 1. The van der Waals surface area contributed by atoms with Crippen molar-refractivity contribution >= 4 is 67.8 Å². The second-order valence-corrected chi connectivity index (χ2v) is 11.5. The lowest BCUT2D eigenvalue weighted by Crippen LogP contribution is -2.29. The molecule has 0 saturated heterocycles. The molecule has 1 aromatic heterocycles. The topological polar surface area (TPSA) is 85.6 Å². The molecule has 0 spiro atoms. The standard InChI is InChI=1S/C28H25BrCl2N4O3/c1-16-5-8-19(9-6-16)33-24(36)15-38-25-21(30)11-17(12-22(25)31)14-32-35-26(37)20-13-18(29)7-10-23(20)34-27(35)28(2,3)4/h5-14H,15H2,1-4H3,(H,33,36). The Kier molecular flexibility index (Phi) is 8.25. The lowest BCUT2D eigenvalue weighted by molar-refractivity contribution is -0.118. The fraction of sp³-hybridized carbons (Fsp3) is 0.214. The van der Waals surface area contributed by atoms with Crippen molar-refractivity contribution in [3.05, 3.63) is 96.4 Å². The molecule has 10 heteroatoms. The first-order valence-electron chi connectivity index (χ1n) is 11.7. The smallest absolute Gasteiger partial charge is 0.282 e. The summed E-state index contributed by atoms with van der Waals surface area (Å²) in [7, 11) is 0. The van der Waals surface area contributed by atoms with Crippen LogP contribution in [0, 0.1) is 6.92 Å². The Bertz CT molecular complexity index is 1590. The molecule has 0 aliphatic carbocycles. The molecule has 0 radical (unpaired) electrons. The largest absolute Gasteiger partial charge is 0.481 e. The summed E-state index contributed by atoms with van der Waals surface area (Å²) in [5.74, 6) is 0.329. The maximum atomic E-state index is 13.3. The number of aromatic nitrogens is 2. The fourth-order valence-corrected chi connectivity index (χ4v) is 4.60. The highest BCUT2D eigenvalue weighted by Crippen LogP contribution is 2.34. The summed E-state index contributed by atoms with van der Waals surface area (Å²) in [6.45, 7) is 7.57. The van der Waals surface area contributed by atoms with Crippen LogP contribution in [-0.4, -0.2) is 28.4 Å². The first-order chi connectivity index (χ1) is 17.9. The van der Waals surface area contributed by atoms with Crippen molar-refractivity contribution < 1.29 is 9.53 Å². The number of amides is 1. The number of carbonyl (C=O) groups excluding carboxylic acids is 1. The quantitative estimate of drug-likeness (QED) is 0.237. The number of halogens is 3. The molecule has 4 aromatic rings. The normalized spacial score (nSPS) is 11.8. The highest BCUT2D eigenvalue weighted by atomic mass is 79.9. The SMILES string of the molecule is Cc1ccc(NC(=O)COc2c(Cl)cc(C=Nn3c(C(C)(C)C)nc4ccc(Br)cc4c3=O)cc2Cl)cc1. The fourth-order valence-electron chi connectivity index (χ4n) is 3.63. The summed E-state index contributed by atoms with van der Waals surface area (Å²) in [6.07, 6.45) is 1.48. The van der Waals surface area contributed by atoms with Crippen LogP contribution in [0.5, 0.6) is 5.75 Å². The number of aryl methyl sites for hydroxylation is 1. The Hall–Kier alpha value is -3.20. The first-order valence-corrected chi connectivity index (χ1v) is 13.2. The molecule has 0 fully saturated rings. The van der Waals surface area contributed by atoms with Crippen molar-refractivity contribution in [2.24, 2.45) is 5.10 Å². The van der Waals surface area contributed by atoms with Gasteiger partial charge < -0.3 is 10.1 Å². The monoisotopic (exact) mass is 614 g/mol. The molecule has 0 bridgehead atoms. The van der Waals surface area contributed by atoms with E-state index in [1.165, 1.54) is 10.9 Å². The predicted octanol–water partition coefficient (Wildman–Crippen LogP) is 6.97. The van der Waals surface area contributed by atoms with Gasteiger partial charge in [-0.2, -0.15) is 9.78 Å². The minimum atomic E-state index is -0.454.